The molecular formula is C14H16N2. The molecule has 0 aliphatic heterocycles. The molecule has 0 bridgehead atoms. The summed E-state index contributed by atoms with van der Waals surface area (Å²) in [7, 11) is 0. The lowest BCUT2D eigenvalue weighted by molar-refractivity contribution is 0.568. The molecular weight excluding hydrogens is 196 g/mol. The molecule has 0 saturated heterocycles. The van der Waals surface area contributed by atoms with Gasteiger partial charge in [0.15, 0.2) is 0 Å². The maximum Gasteiger partial charge on any atom is 0.0992 e. The second-order valence-corrected chi connectivity index (χ2v) is 5.04. The quantitative estimate of drug-likeness (QED) is 0.832. The number of hydrogen-bond acceptors (Lipinski definition) is 2. The van der Waals surface area contributed by atoms with E-state index in [1.54, 1.807) is 0 Å². The molecule has 2 saturated carbocycles. The topological polar surface area (TPSA) is 35.8 Å². The van der Waals surface area contributed by atoms with Crippen molar-refractivity contribution < 1.29 is 0 Å². The average Bonchev–Trinajstić information content (AvgIpc) is 3.18. The molecule has 82 valence electrons. The van der Waals surface area contributed by atoms with E-state index in [0.717, 1.165) is 23.1 Å². The van der Waals surface area contributed by atoms with Gasteiger partial charge in [-0.15, -0.1) is 0 Å². The van der Waals surface area contributed by atoms with Crippen LogP contribution in [0.15, 0.2) is 24.3 Å². The fraction of sp³-hybridized carbons (Fsp3) is 0.500. The van der Waals surface area contributed by atoms with Gasteiger partial charge in [0.05, 0.1) is 11.6 Å². The molecule has 0 atom stereocenters. The zero-order valence-corrected chi connectivity index (χ0v) is 9.32. The standard InChI is InChI=1S/C14H16N2/c15-9-10-2-1-3-13(8-10)16-14(11-4-5-11)12-6-7-12/h1-3,8,11-12,14,16H,4-7H2. The fourth-order valence-corrected chi connectivity index (χ4v) is 2.40. The largest absolute Gasteiger partial charge is 0.382 e. The van der Waals surface area contributed by atoms with Gasteiger partial charge >= 0.3 is 0 Å². The highest BCUT2D eigenvalue weighted by atomic mass is 15.0. The molecule has 2 nitrogen and oxygen atoms in total. The van der Waals surface area contributed by atoms with Crippen LogP contribution in [0, 0.1) is 23.2 Å². The van der Waals surface area contributed by atoms with Crippen molar-refractivity contribution in [2.75, 3.05) is 5.32 Å². The Hall–Kier alpha value is -1.49. The van der Waals surface area contributed by atoms with Crippen molar-refractivity contribution in [1.82, 2.24) is 0 Å². The normalized spacial score (nSPS) is 19.5. The van der Waals surface area contributed by atoms with Crippen LogP contribution < -0.4 is 5.32 Å². The lowest BCUT2D eigenvalue weighted by atomic mass is 10.1. The number of hydrogen-bond donors (Lipinski definition) is 1. The summed E-state index contributed by atoms with van der Waals surface area (Å²) < 4.78 is 0. The minimum atomic E-state index is 0.661. The predicted octanol–water partition coefficient (Wildman–Crippen LogP) is 3.16. The van der Waals surface area contributed by atoms with Gasteiger partial charge in [0.2, 0.25) is 0 Å². The molecule has 2 aliphatic rings. The summed E-state index contributed by atoms with van der Waals surface area (Å²) in [5.41, 5.74) is 1.86. The number of nitriles is 1. The lowest BCUT2D eigenvalue weighted by Gasteiger charge is -2.19. The summed E-state index contributed by atoms with van der Waals surface area (Å²) in [5.74, 6) is 1.77. The number of rotatable bonds is 4. The second kappa shape index (κ2) is 3.83. The van der Waals surface area contributed by atoms with Crippen molar-refractivity contribution in [3.05, 3.63) is 29.8 Å². The monoisotopic (exact) mass is 212 g/mol. The molecule has 1 aromatic rings. The predicted molar refractivity (Wildman–Crippen MR) is 64.0 cm³/mol. The van der Waals surface area contributed by atoms with E-state index >= 15 is 0 Å². The van der Waals surface area contributed by atoms with Gasteiger partial charge < -0.3 is 5.32 Å². The Morgan fingerprint density at radius 1 is 1.19 bits per heavy atom. The first kappa shape index (κ1) is 9.72. The van der Waals surface area contributed by atoms with Crippen molar-refractivity contribution in [2.45, 2.75) is 31.7 Å². The van der Waals surface area contributed by atoms with Gasteiger partial charge in [0.25, 0.3) is 0 Å². The van der Waals surface area contributed by atoms with E-state index in [0.29, 0.717) is 6.04 Å². The van der Waals surface area contributed by atoms with E-state index in [2.05, 4.69) is 17.5 Å². The first-order valence-electron chi connectivity index (χ1n) is 6.13. The Balaban J connectivity index is 1.73. The molecule has 0 unspecified atom stereocenters. The number of anilines is 1. The summed E-state index contributed by atoms with van der Waals surface area (Å²) >= 11 is 0. The van der Waals surface area contributed by atoms with E-state index in [1.165, 1.54) is 25.7 Å². The maximum absolute atomic E-state index is 8.86. The second-order valence-electron chi connectivity index (χ2n) is 5.04. The van der Waals surface area contributed by atoms with Crippen molar-refractivity contribution in [3.8, 4) is 6.07 Å². The number of nitrogens with zero attached hydrogens (tertiary/aromatic N) is 1. The minimum Gasteiger partial charge on any atom is -0.382 e. The SMILES string of the molecule is N#Cc1cccc(NC(C2CC2)C2CC2)c1. The molecule has 3 rings (SSSR count). The molecule has 2 heteroatoms. The van der Waals surface area contributed by atoms with Crippen LogP contribution >= 0.6 is 0 Å². The number of nitrogens with one attached hydrogen (secondary N) is 1. The summed E-state index contributed by atoms with van der Waals surface area (Å²) in [6.07, 6.45) is 5.52. The van der Waals surface area contributed by atoms with Crippen LogP contribution in [0.5, 0.6) is 0 Å². The van der Waals surface area contributed by atoms with Gasteiger partial charge in [-0.25, -0.2) is 0 Å². The lowest BCUT2D eigenvalue weighted by Crippen LogP contribution is -2.24. The van der Waals surface area contributed by atoms with Crippen LogP contribution in [-0.2, 0) is 0 Å². The molecule has 1 aromatic carbocycles. The zero-order chi connectivity index (χ0) is 11.0. The molecule has 0 heterocycles. The molecule has 16 heavy (non-hydrogen) atoms. The van der Waals surface area contributed by atoms with E-state index in [1.807, 2.05) is 18.2 Å². The van der Waals surface area contributed by atoms with Gasteiger partial charge in [-0.2, -0.15) is 5.26 Å². The highest BCUT2D eigenvalue weighted by Gasteiger charge is 2.41. The first-order valence-corrected chi connectivity index (χ1v) is 6.13. The first-order chi connectivity index (χ1) is 7.86. The van der Waals surface area contributed by atoms with E-state index in [-0.39, 0.29) is 0 Å². The smallest absolute Gasteiger partial charge is 0.0992 e. The fourth-order valence-electron chi connectivity index (χ4n) is 2.40. The molecule has 0 radical (unpaired) electrons. The molecule has 0 amide bonds. The molecule has 0 aromatic heterocycles. The third-order valence-electron chi connectivity index (χ3n) is 3.58. The Labute approximate surface area is 96.3 Å². The van der Waals surface area contributed by atoms with Gasteiger partial charge in [0.1, 0.15) is 0 Å². The van der Waals surface area contributed by atoms with Gasteiger partial charge in [-0.3, -0.25) is 0 Å². The molecule has 0 spiro atoms. The summed E-state index contributed by atoms with van der Waals surface area (Å²) in [4.78, 5) is 0. The van der Waals surface area contributed by atoms with Crippen LogP contribution in [0.2, 0.25) is 0 Å². The van der Waals surface area contributed by atoms with Crippen LogP contribution in [0.25, 0.3) is 0 Å². The summed E-state index contributed by atoms with van der Waals surface area (Å²) in [5, 5.41) is 12.5. The minimum absolute atomic E-state index is 0.661. The van der Waals surface area contributed by atoms with Crippen molar-refractivity contribution in [1.29, 1.82) is 5.26 Å². The Bertz CT molecular complexity index is 413. The maximum atomic E-state index is 8.86. The Kier molecular flexibility index (Phi) is 2.32. The number of benzene rings is 1. The highest BCUT2D eigenvalue weighted by Crippen LogP contribution is 2.45. The van der Waals surface area contributed by atoms with E-state index in [4.69, 9.17) is 5.26 Å². The molecule has 1 N–H and O–H groups in total. The van der Waals surface area contributed by atoms with Crippen molar-refractivity contribution in [3.63, 3.8) is 0 Å². The third kappa shape index (κ3) is 2.04. The Morgan fingerprint density at radius 3 is 2.44 bits per heavy atom. The van der Waals surface area contributed by atoms with Gasteiger partial charge in [-0.05, 0) is 55.7 Å². The van der Waals surface area contributed by atoms with Crippen LogP contribution in [0.4, 0.5) is 5.69 Å². The molecule has 2 fully saturated rings. The molecule has 2 aliphatic carbocycles. The summed E-state index contributed by atoms with van der Waals surface area (Å²) in [6, 6.07) is 10.7. The van der Waals surface area contributed by atoms with Crippen LogP contribution in [-0.4, -0.2) is 6.04 Å². The van der Waals surface area contributed by atoms with Gasteiger partial charge in [0, 0.05) is 11.7 Å². The van der Waals surface area contributed by atoms with Crippen LogP contribution in [0.3, 0.4) is 0 Å². The van der Waals surface area contributed by atoms with Gasteiger partial charge in [-0.1, -0.05) is 6.07 Å². The van der Waals surface area contributed by atoms with E-state index < -0.39 is 0 Å². The van der Waals surface area contributed by atoms with Crippen LogP contribution in [0.1, 0.15) is 31.2 Å². The van der Waals surface area contributed by atoms with E-state index in [9.17, 15) is 0 Å². The third-order valence-corrected chi connectivity index (χ3v) is 3.58. The van der Waals surface area contributed by atoms with Crippen molar-refractivity contribution >= 4 is 5.69 Å². The zero-order valence-electron chi connectivity index (χ0n) is 9.32. The summed E-state index contributed by atoms with van der Waals surface area (Å²) in [6.45, 7) is 0. The highest BCUT2D eigenvalue weighted by molar-refractivity contribution is 5.50. The Morgan fingerprint density at radius 2 is 1.88 bits per heavy atom. The average molecular weight is 212 g/mol. The van der Waals surface area contributed by atoms with Crippen molar-refractivity contribution in [2.24, 2.45) is 11.8 Å².